The summed E-state index contributed by atoms with van der Waals surface area (Å²) in [5, 5.41) is 121. The van der Waals surface area contributed by atoms with Crippen molar-refractivity contribution in [3.05, 3.63) is 97.2 Å². The molecule has 19 heteroatoms. The van der Waals surface area contributed by atoms with E-state index in [-0.39, 0.29) is 18.9 Å². The molecular formula is C88H155NO18. The van der Waals surface area contributed by atoms with Crippen LogP contribution in [0.15, 0.2) is 97.2 Å². The van der Waals surface area contributed by atoms with Crippen molar-refractivity contribution >= 4 is 5.91 Å². The van der Waals surface area contributed by atoms with E-state index in [1.165, 1.54) is 212 Å². The number of rotatable bonds is 68. The van der Waals surface area contributed by atoms with Gasteiger partial charge in [0.05, 0.1) is 38.6 Å². The van der Waals surface area contributed by atoms with Crippen LogP contribution in [0.25, 0.3) is 0 Å². The molecule has 3 aliphatic rings. The Balaban J connectivity index is 1.33. The molecule has 12 N–H and O–H groups in total. The predicted molar refractivity (Wildman–Crippen MR) is 429 cm³/mol. The maximum Gasteiger partial charge on any atom is 0.220 e. The SMILES string of the molecule is CC/C=C\C/C=C\C/C=C\C/C=C\C/C=C\CCCCCCCCCCCCCCCCCCCCCCCCCC(=O)NC(COC1OC(CO)C(OC2OC(CO)C(OC3OC(CO)C(O)C(O)C3O)C(O)C2O)C(O)C1O)C(O)/C=C/CC/C=C/CC/C=C/CCCCCCCCCCCCCCC. The number of unbranched alkanes of at least 4 members (excludes halogenated alkanes) is 38. The van der Waals surface area contributed by atoms with Crippen LogP contribution in [0.4, 0.5) is 0 Å². The fourth-order valence-corrected chi connectivity index (χ4v) is 14.0. The molecule has 0 aromatic carbocycles. The number of nitrogens with one attached hydrogen (secondary N) is 1. The number of allylic oxidation sites excluding steroid dienone is 15. The number of carbonyl (C=O) groups is 1. The summed E-state index contributed by atoms with van der Waals surface area (Å²) in [6.45, 7) is 1.63. The Morgan fingerprint density at radius 3 is 1.05 bits per heavy atom. The van der Waals surface area contributed by atoms with Crippen LogP contribution in [0.5, 0.6) is 0 Å². The Morgan fingerprint density at radius 1 is 0.346 bits per heavy atom. The van der Waals surface area contributed by atoms with Crippen molar-refractivity contribution in [2.45, 2.75) is 426 Å². The Bertz CT molecular complexity index is 2310. The number of aliphatic hydroxyl groups excluding tert-OH is 11. The van der Waals surface area contributed by atoms with Crippen LogP contribution in [0, 0.1) is 0 Å². The molecule has 0 aliphatic carbocycles. The molecule has 19 nitrogen and oxygen atoms in total. The van der Waals surface area contributed by atoms with Gasteiger partial charge in [-0.3, -0.25) is 4.79 Å². The molecule has 0 bridgehead atoms. The summed E-state index contributed by atoms with van der Waals surface area (Å²) in [5.41, 5.74) is 0. The van der Waals surface area contributed by atoms with E-state index >= 15 is 0 Å². The van der Waals surface area contributed by atoms with Crippen molar-refractivity contribution in [2.75, 3.05) is 26.4 Å². The predicted octanol–water partition coefficient (Wildman–Crippen LogP) is 15.5. The third-order valence-corrected chi connectivity index (χ3v) is 20.8. The molecule has 0 aromatic rings. The molecule has 0 saturated carbocycles. The number of hydrogen-bond donors (Lipinski definition) is 12. The minimum Gasteiger partial charge on any atom is -0.394 e. The second kappa shape index (κ2) is 67.2. The Hall–Kier alpha value is -3.29. The van der Waals surface area contributed by atoms with Crippen LogP contribution in [-0.2, 0) is 33.2 Å². The summed E-state index contributed by atoms with van der Waals surface area (Å²) in [5.74, 6) is -0.286. The molecule has 0 aromatic heterocycles. The maximum absolute atomic E-state index is 13.5. The lowest BCUT2D eigenvalue weighted by Gasteiger charge is -2.48. The summed E-state index contributed by atoms with van der Waals surface area (Å²) in [6, 6.07) is -1.00. The van der Waals surface area contributed by atoms with Gasteiger partial charge in [-0.2, -0.15) is 0 Å². The van der Waals surface area contributed by atoms with Gasteiger partial charge in [-0.1, -0.05) is 323 Å². The lowest BCUT2D eigenvalue weighted by molar-refractivity contribution is -0.379. The zero-order chi connectivity index (χ0) is 77.4. The summed E-state index contributed by atoms with van der Waals surface area (Å²) in [7, 11) is 0. The summed E-state index contributed by atoms with van der Waals surface area (Å²) in [4.78, 5) is 13.5. The first kappa shape index (κ1) is 97.9. The first-order valence-electron chi connectivity index (χ1n) is 43.0. The van der Waals surface area contributed by atoms with E-state index in [1.807, 2.05) is 6.08 Å². The standard InChI is InChI=1S/C88H155NO18/c1-3-5-7-9-11-13-15-17-19-21-23-25-27-28-29-30-31-32-33-34-35-36-37-38-39-40-41-42-44-46-48-50-52-54-56-58-60-62-64-66-76(94)89-71(72(93)65-63-61-59-57-55-53-51-49-47-45-43-26-24-22-20-18-16-14-12-10-8-6-4-2)70-102-86-82(100)79(97)84(74(68-91)104-86)107-88-83(101)80(98)85(75(69-92)105-88)106-87-81(99)78(96)77(95)73(67-90)103-87/h5,7,11,13,17,19,23,25,28-29,47,49,55,57,63,65,71-75,77-88,90-93,95-101H,3-4,6,8-10,12,14-16,18,20-22,24,26-27,30-46,48,50-54,56,58-62,64,66-70H2,1-2H3,(H,89,94)/b7-5-,13-11-,19-17-,25-23-,29-28-,49-47+,57-55+,65-63+. The third-order valence-electron chi connectivity index (χ3n) is 20.8. The van der Waals surface area contributed by atoms with Crippen LogP contribution < -0.4 is 5.32 Å². The largest absolute Gasteiger partial charge is 0.394 e. The van der Waals surface area contributed by atoms with Gasteiger partial charge in [0.1, 0.15) is 73.2 Å². The van der Waals surface area contributed by atoms with Crippen LogP contribution >= 0.6 is 0 Å². The number of aliphatic hydroxyl groups is 11. The van der Waals surface area contributed by atoms with E-state index in [0.717, 1.165) is 77.0 Å². The molecule has 3 heterocycles. The van der Waals surface area contributed by atoms with Crippen LogP contribution in [0.3, 0.4) is 0 Å². The molecule has 1 amide bonds. The Morgan fingerprint density at radius 2 is 0.654 bits per heavy atom. The van der Waals surface area contributed by atoms with E-state index in [9.17, 15) is 61.0 Å². The van der Waals surface area contributed by atoms with Gasteiger partial charge in [0, 0.05) is 6.42 Å². The quantitative estimate of drug-likeness (QED) is 0.0199. The highest BCUT2D eigenvalue weighted by atomic mass is 16.8. The molecule has 0 spiro atoms. The highest BCUT2D eigenvalue weighted by molar-refractivity contribution is 5.76. The minimum atomic E-state index is -1.99. The van der Waals surface area contributed by atoms with E-state index in [4.69, 9.17) is 28.4 Å². The zero-order valence-corrected chi connectivity index (χ0v) is 66.6. The fraction of sp³-hybridized carbons (Fsp3) is 0.807. The normalized spacial score (nSPS) is 26.0. The maximum atomic E-state index is 13.5. The average molecular weight is 1520 g/mol. The highest BCUT2D eigenvalue weighted by Gasteiger charge is 2.54. The topological polar surface area (TPSA) is 307 Å². The molecule has 17 atom stereocenters. The number of amides is 1. The van der Waals surface area contributed by atoms with Gasteiger partial charge >= 0.3 is 0 Å². The lowest BCUT2D eigenvalue weighted by atomic mass is 9.96. The highest BCUT2D eigenvalue weighted by Crippen LogP contribution is 2.33. The molecule has 17 unspecified atom stereocenters. The van der Waals surface area contributed by atoms with Gasteiger partial charge < -0.3 is 89.9 Å². The average Bonchev–Trinajstić information content (AvgIpc) is 0.781. The Kier molecular flexibility index (Phi) is 61.5. The van der Waals surface area contributed by atoms with Gasteiger partial charge in [-0.25, -0.2) is 0 Å². The summed E-state index contributed by atoms with van der Waals surface area (Å²) in [6.07, 6.45) is 65.6. The summed E-state index contributed by atoms with van der Waals surface area (Å²) >= 11 is 0. The van der Waals surface area contributed by atoms with Gasteiger partial charge in [0.15, 0.2) is 18.9 Å². The summed E-state index contributed by atoms with van der Waals surface area (Å²) < 4.78 is 34.5. The van der Waals surface area contributed by atoms with Crippen LogP contribution in [0.2, 0.25) is 0 Å². The van der Waals surface area contributed by atoms with E-state index in [2.05, 4.69) is 104 Å². The third kappa shape index (κ3) is 46.5. The van der Waals surface area contributed by atoms with Gasteiger partial charge in [-0.05, 0) is 89.9 Å². The molecule has 107 heavy (non-hydrogen) atoms. The van der Waals surface area contributed by atoms with Crippen LogP contribution in [0.1, 0.15) is 322 Å². The van der Waals surface area contributed by atoms with Crippen molar-refractivity contribution in [2.24, 2.45) is 0 Å². The number of carbonyl (C=O) groups excluding carboxylic acids is 1. The smallest absolute Gasteiger partial charge is 0.220 e. The van der Waals surface area contributed by atoms with Gasteiger partial charge in [0.25, 0.3) is 0 Å². The van der Waals surface area contributed by atoms with Crippen LogP contribution in [-0.4, -0.2) is 193 Å². The van der Waals surface area contributed by atoms with E-state index in [1.54, 1.807) is 6.08 Å². The van der Waals surface area contributed by atoms with Crippen molar-refractivity contribution in [1.29, 1.82) is 0 Å². The molecule has 3 fully saturated rings. The number of ether oxygens (including phenoxy) is 6. The molecule has 3 rings (SSSR count). The Labute approximate surface area is 647 Å². The van der Waals surface area contributed by atoms with Crippen molar-refractivity contribution < 1.29 is 89.4 Å². The first-order valence-corrected chi connectivity index (χ1v) is 43.0. The molecule has 3 aliphatic heterocycles. The zero-order valence-electron chi connectivity index (χ0n) is 66.6. The van der Waals surface area contributed by atoms with Crippen molar-refractivity contribution in [1.82, 2.24) is 5.32 Å². The molecule has 3 saturated heterocycles. The molecular weight excluding hydrogens is 1360 g/mol. The van der Waals surface area contributed by atoms with Gasteiger partial charge in [0.2, 0.25) is 5.91 Å². The minimum absolute atomic E-state index is 0.232. The van der Waals surface area contributed by atoms with Crippen molar-refractivity contribution in [3.63, 3.8) is 0 Å². The first-order chi connectivity index (χ1) is 52.3. The molecule has 620 valence electrons. The van der Waals surface area contributed by atoms with E-state index < -0.39 is 124 Å². The molecule has 0 radical (unpaired) electrons. The van der Waals surface area contributed by atoms with Crippen molar-refractivity contribution in [3.8, 4) is 0 Å². The van der Waals surface area contributed by atoms with Gasteiger partial charge in [-0.15, -0.1) is 0 Å². The lowest BCUT2D eigenvalue weighted by Crippen LogP contribution is -2.66. The second-order valence-corrected chi connectivity index (χ2v) is 30.2. The monoisotopic (exact) mass is 1510 g/mol. The second-order valence-electron chi connectivity index (χ2n) is 30.2. The fourth-order valence-electron chi connectivity index (χ4n) is 14.0. The van der Waals surface area contributed by atoms with E-state index in [0.29, 0.717) is 12.8 Å². The number of hydrogen-bond acceptors (Lipinski definition) is 18.